The number of benzene rings is 1. The maximum Gasteiger partial charge on any atom is 0.260 e. The van der Waals surface area contributed by atoms with Crippen LogP contribution in [0.2, 0.25) is 0 Å². The second kappa shape index (κ2) is 5.85. The van der Waals surface area contributed by atoms with Crippen molar-refractivity contribution in [3.63, 3.8) is 0 Å². The van der Waals surface area contributed by atoms with Gasteiger partial charge in [0.25, 0.3) is 5.91 Å². The lowest BCUT2D eigenvalue weighted by molar-refractivity contribution is -0.134. The Labute approximate surface area is 140 Å². The molecule has 3 nitrogen and oxygen atoms in total. The average molecular weight is 315 g/mol. The van der Waals surface area contributed by atoms with E-state index in [2.05, 4.69) is 44.7 Å². The van der Waals surface area contributed by atoms with Crippen LogP contribution in [0.3, 0.4) is 0 Å². The molecule has 1 saturated carbocycles. The summed E-state index contributed by atoms with van der Waals surface area (Å²) in [6.45, 7) is 10.2. The fourth-order valence-corrected chi connectivity index (χ4v) is 4.80. The molecule has 0 radical (unpaired) electrons. The number of carbonyl (C=O) groups excluding carboxylic acids is 1. The molecule has 1 aromatic carbocycles. The minimum atomic E-state index is 0.135. The van der Waals surface area contributed by atoms with E-state index in [-0.39, 0.29) is 17.9 Å². The van der Waals surface area contributed by atoms with E-state index in [1.165, 1.54) is 12.0 Å². The Bertz CT molecular complexity index is 578. The van der Waals surface area contributed by atoms with E-state index in [0.717, 1.165) is 31.6 Å². The third-order valence-electron chi connectivity index (χ3n) is 5.43. The zero-order chi connectivity index (χ0) is 16.7. The second-order valence-corrected chi connectivity index (χ2v) is 8.52. The maximum atomic E-state index is 12.6. The van der Waals surface area contributed by atoms with Crippen LogP contribution in [0.1, 0.15) is 52.5 Å². The first kappa shape index (κ1) is 16.4. The molecule has 23 heavy (non-hydrogen) atoms. The van der Waals surface area contributed by atoms with Gasteiger partial charge < -0.3 is 9.64 Å². The molecule has 1 amide bonds. The number of amides is 1. The quantitative estimate of drug-likeness (QED) is 0.838. The van der Waals surface area contributed by atoms with E-state index < -0.39 is 0 Å². The van der Waals surface area contributed by atoms with Gasteiger partial charge in [-0.2, -0.15) is 0 Å². The van der Waals surface area contributed by atoms with E-state index in [1.807, 2.05) is 12.1 Å². The van der Waals surface area contributed by atoms with Gasteiger partial charge in [-0.25, -0.2) is 0 Å². The van der Waals surface area contributed by atoms with Gasteiger partial charge in [0.1, 0.15) is 5.75 Å². The standard InChI is InChI=1S/C20H29NO2/c1-5-15-6-8-17(9-7-15)23-12-18(22)21-14-20(4)11-16(21)10-19(2,3)13-20/h6-9,16H,5,10-14H2,1-4H3. The van der Waals surface area contributed by atoms with Crippen LogP contribution in [0.5, 0.6) is 5.75 Å². The lowest BCUT2D eigenvalue weighted by Gasteiger charge is -2.39. The summed E-state index contributed by atoms with van der Waals surface area (Å²) >= 11 is 0. The monoisotopic (exact) mass is 315 g/mol. The fraction of sp³-hybridized carbons (Fsp3) is 0.650. The highest BCUT2D eigenvalue weighted by Crippen LogP contribution is 2.52. The van der Waals surface area contributed by atoms with Crippen LogP contribution in [0.4, 0.5) is 0 Å². The van der Waals surface area contributed by atoms with Crippen LogP contribution in [0.15, 0.2) is 24.3 Å². The van der Waals surface area contributed by atoms with Crippen molar-refractivity contribution in [1.82, 2.24) is 4.90 Å². The number of hydrogen-bond acceptors (Lipinski definition) is 2. The summed E-state index contributed by atoms with van der Waals surface area (Å²) in [7, 11) is 0. The van der Waals surface area contributed by atoms with Gasteiger partial charge in [0, 0.05) is 12.6 Å². The van der Waals surface area contributed by atoms with Gasteiger partial charge in [-0.3, -0.25) is 4.79 Å². The topological polar surface area (TPSA) is 29.5 Å². The number of rotatable bonds is 4. The zero-order valence-electron chi connectivity index (χ0n) is 14.9. The van der Waals surface area contributed by atoms with Crippen LogP contribution in [-0.4, -0.2) is 30.0 Å². The molecule has 3 heteroatoms. The third-order valence-corrected chi connectivity index (χ3v) is 5.43. The van der Waals surface area contributed by atoms with Crippen LogP contribution < -0.4 is 4.74 Å². The molecule has 2 atom stereocenters. The zero-order valence-corrected chi connectivity index (χ0v) is 14.9. The van der Waals surface area contributed by atoms with Gasteiger partial charge in [-0.05, 0) is 54.2 Å². The molecule has 2 unspecified atom stereocenters. The van der Waals surface area contributed by atoms with Crippen molar-refractivity contribution in [2.45, 2.75) is 59.4 Å². The predicted molar refractivity (Wildman–Crippen MR) is 92.6 cm³/mol. The molecule has 0 N–H and O–H groups in total. The van der Waals surface area contributed by atoms with Gasteiger partial charge in [-0.15, -0.1) is 0 Å². The van der Waals surface area contributed by atoms with Gasteiger partial charge in [0.15, 0.2) is 6.61 Å². The summed E-state index contributed by atoms with van der Waals surface area (Å²) in [6, 6.07) is 8.43. The normalized spacial score (nSPS) is 28.7. The molecule has 1 aliphatic carbocycles. The summed E-state index contributed by atoms with van der Waals surface area (Å²) in [4.78, 5) is 14.7. The Morgan fingerprint density at radius 3 is 2.57 bits per heavy atom. The average Bonchev–Trinajstić information content (AvgIpc) is 2.74. The summed E-state index contributed by atoms with van der Waals surface area (Å²) in [5.74, 6) is 0.917. The van der Waals surface area contributed by atoms with E-state index >= 15 is 0 Å². The molecular formula is C20H29NO2. The Morgan fingerprint density at radius 2 is 1.91 bits per heavy atom. The van der Waals surface area contributed by atoms with E-state index in [4.69, 9.17) is 4.74 Å². The molecular weight excluding hydrogens is 286 g/mol. The molecule has 1 saturated heterocycles. The third kappa shape index (κ3) is 3.54. The molecule has 1 aromatic rings. The minimum absolute atomic E-state index is 0.135. The highest BCUT2D eigenvalue weighted by molar-refractivity contribution is 5.78. The lowest BCUT2D eigenvalue weighted by atomic mass is 9.65. The number of aryl methyl sites for hydroxylation is 1. The predicted octanol–water partition coefficient (Wildman–Crippen LogP) is 4.06. The Hall–Kier alpha value is -1.51. The molecule has 3 rings (SSSR count). The van der Waals surface area contributed by atoms with Crippen molar-refractivity contribution in [2.24, 2.45) is 10.8 Å². The number of fused-ring (bicyclic) bond motifs is 2. The van der Waals surface area contributed by atoms with Gasteiger partial charge >= 0.3 is 0 Å². The molecule has 1 aliphatic heterocycles. The van der Waals surface area contributed by atoms with E-state index in [0.29, 0.717) is 11.5 Å². The van der Waals surface area contributed by atoms with Crippen molar-refractivity contribution < 1.29 is 9.53 Å². The van der Waals surface area contributed by atoms with Gasteiger partial charge in [0.05, 0.1) is 0 Å². The van der Waals surface area contributed by atoms with Crippen LogP contribution in [-0.2, 0) is 11.2 Å². The molecule has 2 fully saturated rings. The van der Waals surface area contributed by atoms with E-state index in [1.54, 1.807) is 0 Å². The Balaban J connectivity index is 1.60. The highest BCUT2D eigenvalue weighted by atomic mass is 16.5. The van der Waals surface area contributed by atoms with E-state index in [9.17, 15) is 4.79 Å². The van der Waals surface area contributed by atoms with Crippen molar-refractivity contribution >= 4 is 5.91 Å². The van der Waals surface area contributed by atoms with Crippen LogP contribution in [0.25, 0.3) is 0 Å². The summed E-state index contributed by atoms with van der Waals surface area (Å²) < 4.78 is 5.72. The summed E-state index contributed by atoms with van der Waals surface area (Å²) in [5.41, 5.74) is 1.90. The number of ether oxygens (including phenoxy) is 1. The number of nitrogens with zero attached hydrogens (tertiary/aromatic N) is 1. The lowest BCUT2D eigenvalue weighted by Crippen LogP contribution is -2.40. The molecule has 2 bridgehead atoms. The number of hydrogen-bond donors (Lipinski definition) is 0. The summed E-state index contributed by atoms with van der Waals surface area (Å²) in [5, 5.41) is 0. The van der Waals surface area contributed by atoms with Gasteiger partial charge in [-0.1, -0.05) is 39.8 Å². The molecule has 2 aliphatic rings. The fourth-order valence-electron chi connectivity index (χ4n) is 4.80. The van der Waals surface area contributed by atoms with Crippen LogP contribution in [0, 0.1) is 10.8 Å². The van der Waals surface area contributed by atoms with Crippen molar-refractivity contribution in [2.75, 3.05) is 13.2 Å². The maximum absolute atomic E-state index is 12.6. The highest BCUT2D eigenvalue weighted by Gasteiger charge is 2.50. The molecule has 0 spiro atoms. The number of likely N-dealkylation sites (tertiary alicyclic amines) is 1. The molecule has 126 valence electrons. The van der Waals surface area contributed by atoms with Crippen molar-refractivity contribution in [3.8, 4) is 5.75 Å². The first-order valence-corrected chi connectivity index (χ1v) is 8.81. The second-order valence-electron chi connectivity index (χ2n) is 8.52. The first-order chi connectivity index (χ1) is 10.8. The minimum Gasteiger partial charge on any atom is -0.484 e. The SMILES string of the molecule is CCc1ccc(OCC(=O)N2CC3(C)CC2CC(C)(C)C3)cc1. The van der Waals surface area contributed by atoms with Crippen molar-refractivity contribution in [3.05, 3.63) is 29.8 Å². The molecule has 0 aromatic heterocycles. The Morgan fingerprint density at radius 1 is 1.22 bits per heavy atom. The number of carbonyl (C=O) groups is 1. The summed E-state index contributed by atoms with van der Waals surface area (Å²) in [6.07, 6.45) is 4.48. The smallest absolute Gasteiger partial charge is 0.260 e. The largest absolute Gasteiger partial charge is 0.484 e. The first-order valence-electron chi connectivity index (χ1n) is 8.81. The van der Waals surface area contributed by atoms with Gasteiger partial charge in [0.2, 0.25) is 0 Å². The van der Waals surface area contributed by atoms with Crippen LogP contribution >= 0.6 is 0 Å². The van der Waals surface area contributed by atoms with Crippen molar-refractivity contribution in [1.29, 1.82) is 0 Å². The Kier molecular flexibility index (Phi) is 4.16. The molecule has 1 heterocycles.